The van der Waals surface area contributed by atoms with Crippen LogP contribution in [-0.2, 0) is 10.5 Å². The number of rotatable bonds is 5. The minimum absolute atomic E-state index is 0.160. The summed E-state index contributed by atoms with van der Waals surface area (Å²) in [6, 6.07) is 18.5. The third-order valence-electron chi connectivity index (χ3n) is 4.52. The minimum atomic E-state index is -1.52. The average Bonchev–Trinajstić information content (AvgIpc) is 2.64. The smallest absolute Gasteiger partial charge is 0.236 e. The van der Waals surface area contributed by atoms with Crippen molar-refractivity contribution in [2.75, 3.05) is 19.6 Å². The summed E-state index contributed by atoms with van der Waals surface area (Å²) in [5, 5.41) is 14.2. The van der Waals surface area contributed by atoms with Crippen LogP contribution >= 0.6 is 0 Å². The average molecular weight is 324 g/mol. The Balaban J connectivity index is 1.81. The van der Waals surface area contributed by atoms with Gasteiger partial charge in [-0.05, 0) is 25.9 Å². The highest BCUT2D eigenvalue weighted by Gasteiger charge is 2.33. The van der Waals surface area contributed by atoms with E-state index in [9.17, 15) is 9.90 Å². The molecule has 0 spiro atoms. The number of nitrogens with one attached hydrogen (secondary N) is 1. The zero-order valence-electron chi connectivity index (χ0n) is 13.8. The van der Waals surface area contributed by atoms with Crippen LogP contribution in [0.2, 0.25) is 0 Å². The third-order valence-corrected chi connectivity index (χ3v) is 4.52. The summed E-state index contributed by atoms with van der Waals surface area (Å²) in [5.41, 5.74) is -0.207. The molecule has 126 valence electrons. The lowest BCUT2D eigenvalue weighted by atomic mass is 9.94. The molecular weight excluding hydrogens is 300 g/mol. The normalized spacial score (nSPS) is 15.9. The zero-order valence-corrected chi connectivity index (χ0v) is 13.8. The van der Waals surface area contributed by atoms with Crippen LogP contribution < -0.4 is 5.32 Å². The molecule has 0 unspecified atom stereocenters. The molecule has 1 heterocycles. The molecule has 0 aromatic heterocycles. The predicted octanol–water partition coefficient (Wildman–Crippen LogP) is 2.48. The van der Waals surface area contributed by atoms with Gasteiger partial charge in [0.05, 0.1) is 6.54 Å². The fourth-order valence-corrected chi connectivity index (χ4v) is 3.23. The van der Waals surface area contributed by atoms with Crippen molar-refractivity contribution in [1.29, 1.82) is 0 Å². The molecule has 1 aliphatic heterocycles. The van der Waals surface area contributed by atoms with Crippen LogP contribution in [0.5, 0.6) is 0 Å². The number of hydrogen-bond acceptors (Lipinski definition) is 3. The second kappa shape index (κ2) is 7.60. The van der Waals surface area contributed by atoms with E-state index in [2.05, 4.69) is 10.2 Å². The van der Waals surface area contributed by atoms with Crippen molar-refractivity contribution < 1.29 is 9.90 Å². The highest BCUT2D eigenvalue weighted by Crippen LogP contribution is 2.26. The number of nitrogens with zero attached hydrogens (tertiary/aromatic N) is 1. The van der Waals surface area contributed by atoms with E-state index in [4.69, 9.17) is 0 Å². The lowest BCUT2D eigenvalue weighted by Gasteiger charge is -2.32. The molecule has 1 aliphatic rings. The van der Waals surface area contributed by atoms with Crippen molar-refractivity contribution in [3.05, 3.63) is 71.8 Å². The molecule has 1 fully saturated rings. The molecule has 0 saturated carbocycles. The van der Waals surface area contributed by atoms with Crippen molar-refractivity contribution in [1.82, 2.24) is 10.2 Å². The van der Waals surface area contributed by atoms with E-state index in [1.165, 1.54) is 6.42 Å². The van der Waals surface area contributed by atoms with Gasteiger partial charge in [-0.2, -0.15) is 0 Å². The fourth-order valence-electron chi connectivity index (χ4n) is 3.23. The van der Waals surface area contributed by atoms with E-state index in [1.54, 1.807) is 0 Å². The number of hydrogen-bond donors (Lipinski definition) is 2. The number of amides is 1. The number of likely N-dealkylation sites (tertiary alicyclic amines) is 1. The van der Waals surface area contributed by atoms with E-state index in [0.29, 0.717) is 17.7 Å². The molecule has 0 radical (unpaired) electrons. The van der Waals surface area contributed by atoms with Gasteiger partial charge in [0, 0.05) is 11.1 Å². The molecule has 2 aromatic rings. The van der Waals surface area contributed by atoms with Crippen molar-refractivity contribution in [3.8, 4) is 0 Å². The van der Waals surface area contributed by atoms with Gasteiger partial charge in [0.15, 0.2) is 5.72 Å². The predicted molar refractivity (Wildman–Crippen MR) is 94.3 cm³/mol. The first kappa shape index (κ1) is 16.7. The Morgan fingerprint density at radius 2 is 1.42 bits per heavy atom. The fraction of sp³-hybridized carbons (Fsp3) is 0.350. The quantitative estimate of drug-likeness (QED) is 0.831. The maximum Gasteiger partial charge on any atom is 0.236 e. The van der Waals surface area contributed by atoms with Crippen molar-refractivity contribution in [2.45, 2.75) is 25.0 Å². The van der Waals surface area contributed by atoms with Crippen LogP contribution in [-0.4, -0.2) is 35.5 Å². The minimum Gasteiger partial charge on any atom is -0.363 e. The first-order chi connectivity index (χ1) is 11.7. The molecule has 0 aliphatic carbocycles. The molecule has 4 nitrogen and oxygen atoms in total. The highest BCUT2D eigenvalue weighted by atomic mass is 16.3. The van der Waals surface area contributed by atoms with Crippen LogP contribution in [0.15, 0.2) is 60.7 Å². The molecule has 1 amide bonds. The highest BCUT2D eigenvalue weighted by molar-refractivity contribution is 5.79. The first-order valence-corrected chi connectivity index (χ1v) is 8.55. The summed E-state index contributed by atoms with van der Waals surface area (Å²) in [6.45, 7) is 2.22. The molecule has 4 heteroatoms. The topological polar surface area (TPSA) is 52.6 Å². The van der Waals surface area contributed by atoms with Gasteiger partial charge in [0.25, 0.3) is 0 Å². The number of carbonyl (C=O) groups excluding carboxylic acids is 1. The summed E-state index contributed by atoms with van der Waals surface area (Å²) in [4.78, 5) is 14.7. The van der Waals surface area contributed by atoms with E-state index < -0.39 is 5.72 Å². The van der Waals surface area contributed by atoms with Crippen molar-refractivity contribution in [3.63, 3.8) is 0 Å². The van der Waals surface area contributed by atoms with Crippen LogP contribution in [0.1, 0.15) is 30.4 Å². The van der Waals surface area contributed by atoms with Crippen LogP contribution in [0.3, 0.4) is 0 Å². The third kappa shape index (κ3) is 3.83. The van der Waals surface area contributed by atoms with E-state index >= 15 is 0 Å². The first-order valence-electron chi connectivity index (χ1n) is 8.55. The standard InChI is InChI=1S/C20H24N2O2/c23-19(16-22-14-8-3-9-15-22)21-20(24,17-10-4-1-5-11-17)18-12-6-2-7-13-18/h1-2,4-7,10-13,24H,3,8-9,14-16H2,(H,21,23). The number of piperidine rings is 1. The van der Waals surface area contributed by atoms with E-state index in [-0.39, 0.29) is 5.91 Å². The molecule has 2 N–H and O–H groups in total. The number of carbonyl (C=O) groups is 1. The second-order valence-electron chi connectivity index (χ2n) is 6.33. The lowest BCUT2D eigenvalue weighted by molar-refractivity contribution is -0.128. The van der Waals surface area contributed by atoms with Gasteiger partial charge in [-0.25, -0.2) is 0 Å². The largest absolute Gasteiger partial charge is 0.363 e. The molecule has 3 rings (SSSR count). The lowest BCUT2D eigenvalue weighted by Crippen LogP contribution is -2.50. The zero-order chi connectivity index (χ0) is 16.8. The number of aliphatic hydroxyl groups is 1. The molecular formula is C20H24N2O2. The Kier molecular flexibility index (Phi) is 5.28. The summed E-state index contributed by atoms with van der Waals surface area (Å²) >= 11 is 0. The Bertz CT molecular complexity index is 612. The summed E-state index contributed by atoms with van der Waals surface area (Å²) in [6.07, 6.45) is 3.50. The van der Waals surface area contributed by atoms with Crippen LogP contribution in [0.25, 0.3) is 0 Å². The Morgan fingerprint density at radius 3 is 1.92 bits per heavy atom. The summed E-state index contributed by atoms with van der Waals surface area (Å²) in [5.74, 6) is -0.160. The SMILES string of the molecule is O=C(CN1CCCCC1)NC(O)(c1ccccc1)c1ccccc1. The second-order valence-corrected chi connectivity index (χ2v) is 6.33. The monoisotopic (exact) mass is 324 g/mol. The van der Waals surface area contributed by atoms with Crippen molar-refractivity contribution >= 4 is 5.91 Å². The molecule has 24 heavy (non-hydrogen) atoms. The van der Waals surface area contributed by atoms with E-state index in [0.717, 1.165) is 25.9 Å². The maximum atomic E-state index is 12.6. The van der Waals surface area contributed by atoms with Gasteiger partial charge in [0.2, 0.25) is 5.91 Å². The Hall–Kier alpha value is -2.17. The van der Waals surface area contributed by atoms with Gasteiger partial charge in [-0.3, -0.25) is 9.69 Å². The van der Waals surface area contributed by atoms with Crippen LogP contribution in [0.4, 0.5) is 0 Å². The maximum absolute atomic E-state index is 12.6. The summed E-state index contributed by atoms with van der Waals surface area (Å²) in [7, 11) is 0. The van der Waals surface area contributed by atoms with Crippen LogP contribution in [0, 0.1) is 0 Å². The van der Waals surface area contributed by atoms with Gasteiger partial charge < -0.3 is 10.4 Å². The summed E-state index contributed by atoms with van der Waals surface area (Å²) < 4.78 is 0. The Labute approximate surface area is 143 Å². The molecule has 2 aromatic carbocycles. The molecule has 0 atom stereocenters. The Morgan fingerprint density at radius 1 is 0.917 bits per heavy atom. The number of benzene rings is 2. The van der Waals surface area contributed by atoms with Gasteiger partial charge >= 0.3 is 0 Å². The van der Waals surface area contributed by atoms with Crippen molar-refractivity contribution in [2.24, 2.45) is 0 Å². The molecule has 1 saturated heterocycles. The van der Waals surface area contributed by atoms with E-state index in [1.807, 2.05) is 60.7 Å². The van der Waals surface area contributed by atoms with Gasteiger partial charge in [-0.1, -0.05) is 67.1 Å². The van der Waals surface area contributed by atoms with Gasteiger partial charge in [-0.15, -0.1) is 0 Å². The molecule has 0 bridgehead atoms. The van der Waals surface area contributed by atoms with Gasteiger partial charge in [0.1, 0.15) is 0 Å².